The van der Waals surface area contributed by atoms with Crippen LogP contribution in [0.15, 0.2) is 6.07 Å². The molecule has 1 heterocycles. The molecule has 0 radical (unpaired) electrons. The highest BCUT2D eigenvalue weighted by Gasteiger charge is 2.18. The third-order valence-electron chi connectivity index (χ3n) is 1.52. The Bertz CT molecular complexity index is 509. The quantitative estimate of drug-likeness (QED) is 0.447. The smallest absolute Gasteiger partial charge is 0.400 e. The molecule has 1 rings (SSSR count). The summed E-state index contributed by atoms with van der Waals surface area (Å²) in [6.45, 7) is -0.00949. The maximum absolute atomic E-state index is 5.90. The summed E-state index contributed by atoms with van der Waals surface area (Å²) in [7, 11) is -1.82. The summed E-state index contributed by atoms with van der Waals surface area (Å²) in [5.74, 6) is 4.58. The SMILES string of the molecule is C#CCOP(OCC#C)Oc1nc(Cl)c(Cl)cc1Cl. The molecular formula is C11H7Cl3NO3P. The molecule has 0 atom stereocenters. The van der Waals surface area contributed by atoms with Gasteiger partial charge >= 0.3 is 8.60 Å². The van der Waals surface area contributed by atoms with Crippen LogP contribution in [0.5, 0.6) is 5.88 Å². The van der Waals surface area contributed by atoms with E-state index in [0.717, 1.165) is 0 Å². The minimum absolute atomic E-state index is 0.00475. The lowest BCUT2D eigenvalue weighted by molar-refractivity contribution is 0.241. The normalized spacial score (nSPS) is 10.0. The molecule has 0 unspecified atom stereocenters. The Morgan fingerprint density at radius 2 is 1.68 bits per heavy atom. The summed E-state index contributed by atoms with van der Waals surface area (Å²) in [6.07, 6.45) is 10.2. The second-order valence-corrected chi connectivity index (χ2v) is 5.14. The van der Waals surface area contributed by atoms with Gasteiger partial charge in [0, 0.05) is 0 Å². The van der Waals surface area contributed by atoms with Crippen molar-refractivity contribution in [3.05, 3.63) is 21.3 Å². The van der Waals surface area contributed by atoms with Crippen molar-refractivity contribution < 1.29 is 13.6 Å². The van der Waals surface area contributed by atoms with Gasteiger partial charge in [0.05, 0.1) is 5.02 Å². The van der Waals surface area contributed by atoms with Gasteiger partial charge in [0.2, 0.25) is 5.88 Å². The Morgan fingerprint density at radius 1 is 1.11 bits per heavy atom. The first-order valence-electron chi connectivity index (χ1n) is 4.71. The molecule has 0 aromatic carbocycles. The van der Waals surface area contributed by atoms with Gasteiger partial charge in [-0.2, -0.15) is 4.98 Å². The summed E-state index contributed by atoms with van der Waals surface area (Å²) >= 11 is 17.4. The van der Waals surface area contributed by atoms with Gasteiger partial charge in [0.1, 0.15) is 18.2 Å². The Labute approximate surface area is 127 Å². The molecule has 0 spiro atoms. The minimum Gasteiger partial charge on any atom is -0.407 e. The predicted molar refractivity (Wildman–Crippen MR) is 76.4 cm³/mol. The molecule has 0 aliphatic heterocycles. The number of rotatable bonds is 6. The van der Waals surface area contributed by atoms with Crippen molar-refractivity contribution >= 4 is 43.4 Å². The summed E-state index contributed by atoms with van der Waals surface area (Å²) in [5.41, 5.74) is 0. The van der Waals surface area contributed by atoms with Crippen LogP contribution in [0.3, 0.4) is 0 Å². The number of halogens is 3. The zero-order valence-electron chi connectivity index (χ0n) is 9.40. The van der Waals surface area contributed by atoms with Crippen LogP contribution in [-0.4, -0.2) is 18.2 Å². The van der Waals surface area contributed by atoms with Gasteiger partial charge in [-0.3, -0.25) is 9.05 Å². The van der Waals surface area contributed by atoms with Crippen molar-refractivity contribution in [3.63, 3.8) is 0 Å². The molecule has 1 aromatic rings. The van der Waals surface area contributed by atoms with E-state index in [4.69, 9.17) is 61.2 Å². The Balaban J connectivity index is 2.80. The van der Waals surface area contributed by atoms with Crippen LogP contribution in [0, 0.1) is 24.7 Å². The Hall–Kier alpha value is -0.710. The molecule has 8 heteroatoms. The average molecular weight is 339 g/mol. The van der Waals surface area contributed by atoms with Crippen LogP contribution in [-0.2, 0) is 9.05 Å². The van der Waals surface area contributed by atoms with E-state index in [9.17, 15) is 0 Å². The molecule has 100 valence electrons. The van der Waals surface area contributed by atoms with Crippen molar-refractivity contribution in [3.8, 4) is 30.6 Å². The fourth-order valence-electron chi connectivity index (χ4n) is 0.833. The summed E-state index contributed by atoms with van der Waals surface area (Å²) in [4.78, 5) is 3.86. The fourth-order valence-corrected chi connectivity index (χ4v) is 2.24. The predicted octanol–water partition coefficient (Wildman–Crippen LogP) is 3.95. The zero-order chi connectivity index (χ0) is 14.3. The monoisotopic (exact) mass is 337 g/mol. The second kappa shape index (κ2) is 8.46. The lowest BCUT2D eigenvalue weighted by Gasteiger charge is -2.15. The van der Waals surface area contributed by atoms with E-state index in [1.807, 2.05) is 0 Å². The lowest BCUT2D eigenvalue weighted by Crippen LogP contribution is -2.00. The standard InChI is InChI=1S/C11H7Cl3NO3P/c1-3-5-16-19(17-6-4-2)18-11-9(13)7-8(12)10(14)15-11/h1-2,7H,5-6H2. The Kier molecular flexibility index (Phi) is 7.28. The van der Waals surface area contributed by atoms with Gasteiger partial charge < -0.3 is 4.52 Å². The van der Waals surface area contributed by atoms with Crippen LogP contribution in [0.1, 0.15) is 0 Å². The molecular weight excluding hydrogens is 331 g/mol. The number of nitrogens with zero attached hydrogens (tertiary/aromatic N) is 1. The summed E-state index contributed by atoms with van der Waals surface area (Å²) in [6, 6.07) is 1.39. The van der Waals surface area contributed by atoms with Crippen molar-refractivity contribution in [1.29, 1.82) is 0 Å². The van der Waals surface area contributed by atoms with E-state index in [1.165, 1.54) is 6.07 Å². The molecule has 19 heavy (non-hydrogen) atoms. The van der Waals surface area contributed by atoms with Gasteiger partial charge in [0.15, 0.2) is 5.15 Å². The molecule has 4 nitrogen and oxygen atoms in total. The molecule has 0 bridgehead atoms. The van der Waals surface area contributed by atoms with E-state index >= 15 is 0 Å². The van der Waals surface area contributed by atoms with Gasteiger partial charge in [-0.25, -0.2) is 0 Å². The first-order chi connectivity index (χ1) is 9.08. The molecule has 0 saturated heterocycles. The minimum atomic E-state index is -1.82. The molecule has 0 amide bonds. The van der Waals surface area contributed by atoms with Gasteiger partial charge in [-0.1, -0.05) is 46.6 Å². The van der Waals surface area contributed by atoms with E-state index in [0.29, 0.717) is 0 Å². The first kappa shape index (κ1) is 16.3. The highest BCUT2D eigenvalue weighted by Crippen LogP contribution is 2.43. The second-order valence-electron chi connectivity index (χ2n) is 2.82. The fraction of sp³-hybridized carbons (Fsp3) is 0.182. The van der Waals surface area contributed by atoms with E-state index in [2.05, 4.69) is 16.8 Å². The molecule has 0 saturated carbocycles. The lowest BCUT2D eigenvalue weighted by atomic mass is 10.5. The van der Waals surface area contributed by atoms with Crippen LogP contribution < -0.4 is 4.52 Å². The summed E-state index contributed by atoms with van der Waals surface area (Å²) in [5, 5.41) is 0.415. The van der Waals surface area contributed by atoms with Crippen molar-refractivity contribution in [1.82, 2.24) is 4.98 Å². The topological polar surface area (TPSA) is 40.6 Å². The van der Waals surface area contributed by atoms with Gasteiger partial charge in [-0.05, 0) is 6.07 Å². The Morgan fingerprint density at radius 3 is 2.21 bits per heavy atom. The molecule has 1 aromatic heterocycles. The number of aromatic nitrogens is 1. The molecule has 0 aliphatic carbocycles. The number of hydrogen-bond acceptors (Lipinski definition) is 4. The molecule has 0 aliphatic rings. The van der Waals surface area contributed by atoms with E-state index in [1.54, 1.807) is 0 Å². The van der Waals surface area contributed by atoms with Crippen molar-refractivity contribution in [2.45, 2.75) is 0 Å². The highest BCUT2D eigenvalue weighted by atomic mass is 35.5. The van der Waals surface area contributed by atoms with Crippen LogP contribution >= 0.6 is 43.4 Å². The number of terminal acetylenes is 2. The van der Waals surface area contributed by atoms with E-state index in [-0.39, 0.29) is 34.3 Å². The average Bonchev–Trinajstić information content (AvgIpc) is 2.38. The summed E-state index contributed by atoms with van der Waals surface area (Å²) < 4.78 is 15.6. The number of hydrogen-bond donors (Lipinski definition) is 0. The zero-order valence-corrected chi connectivity index (χ0v) is 12.6. The van der Waals surface area contributed by atoms with Crippen molar-refractivity contribution in [2.75, 3.05) is 13.2 Å². The van der Waals surface area contributed by atoms with Crippen molar-refractivity contribution in [2.24, 2.45) is 0 Å². The van der Waals surface area contributed by atoms with Crippen LogP contribution in [0.25, 0.3) is 0 Å². The largest absolute Gasteiger partial charge is 0.407 e. The van der Waals surface area contributed by atoms with Crippen LogP contribution in [0.2, 0.25) is 15.2 Å². The van der Waals surface area contributed by atoms with E-state index < -0.39 is 8.60 Å². The third kappa shape index (κ3) is 5.43. The first-order valence-corrected chi connectivity index (χ1v) is 6.93. The third-order valence-corrected chi connectivity index (χ3v) is 3.47. The maximum atomic E-state index is 5.90. The number of pyridine rings is 1. The highest BCUT2D eigenvalue weighted by molar-refractivity contribution is 7.42. The molecule has 0 fully saturated rings. The van der Waals surface area contributed by atoms with Gasteiger partial charge in [-0.15, -0.1) is 12.8 Å². The van der Waals surface area contributed by atoms with Gasteiger partial charge in [0.25, 0.3) is 0 Å². The van der Waals surface area contributed by atoms with Crippen LogP contribution in [0.4, 0.5) is 0 Å². The molecule has 0 N–H and O–H groups in total. The maximum Gasteiger partial charge on any atom is 0.400 e.